The van der Waals surface area contributed by atoms with Crippen LogP contribution in [0.15, 0.2) is 0 Å². The van der Waals surface area contributed by atoms with Crippen LogP contribution in [0.3, 0.4) is 0 Å². The van der Waals surface area contributed by atoms with Crippen LogP contribution in [0.25, 0.3) is 0 Å². The van der Waals surface area contributed by atoms with Gasteiger partial charge in [0.15, 0.2) is 0 Å². The zero-order chi connectivity index (χ0) is 13.1. The molecule has 2 nitrogen and oxygen atoms in total. The average molecular weight is 252 g/mol. The molecule has 106 valence electrons. The van der Waals surface area contributed by atoms with Crippen molar-refractivity contribution in [2.45, 2.75) is 65.0 Å². The minimum absolute atomic E-state index is 0.874. The van der Waals surface area contributed by atoms with E-state index in [4.69, 9.17) is 0 Å². The fourth-order valence-corrected chi connectivity index (χ4v) is 4.27. The van der Waals surface area contributed by atoms with Gasteiger partial charge in [-0.1, -0.05) is 27.2 Å². The van der Waals surface area contributed by atoms with Gasteiger partial charge in [-0.2, -0.15) is 0 Å². The van der Waals surface area contributed by atoms with Gasteiger partial charge < -0.3 is 5.32 Å². The Morgan fingerprint density at radius 3 is 2.44 bits per heavy atom. The maximum Gasteiger partial charge on any atom is 0.0124 e. The Balaban J connectivity index is 0.000000267. The molecule has 5 rings (SSSR count). The maximum absolute atomic E-state index is 2.93. The van der Waals surface area contributed by atoms with Gasteiger partial charge in [0.25, 0.3) is 0 Å². The zero-order valence-corrected chi connectivity index (χ0v) is 12.8. The van der Waals surface area contributed by atoms with E-state index in [1.807, 2.05) is 7.05 Å². The third kappa shape index (κ3) is 2.91. The summed E-state index contributed by atoms with van der Waals surface area (Å²) in [6.45, 7) is 9.41. The number of nitrogens with one attached hydrogen (secondary N) is 1. The highest BCUT2D eigenvalue weighted by atomic mass is 15.2. The first-order valence-electron chi connectivity index (χ1n) is 8.07. The van der Waals surface area contributed by atoms with Crippen LogP contribution < -0.4 is 5.32 Å². The highest BCUT2D eigenvalue weighted by molar-refractivity contribution is 5.00. The first-order valence-corrected chi connectivity index (χ1v) is 8.07. The fraction of sp³-hybridized carbons (Fsp3) is 1.00. The second-order valence-corrected chi connectivity index (χ2v) is 6.79. The van der Waals surface area contributed by atoms with E-state index in [1.165, 1.54) is 38.6 Å². The van der Waals surface area contributed by atoms with Crippen molar-refractivity contribution < 1.29 is 0 Å². The molecule has 0 amide bonds. The van der Waals surface area contributed by atoms with Crippen molar-refractivity contribution >= 4 is 0 Å². The Morgan fingerprint density at radius 2 is 1.89 bits per heavy atom. The standard InChI is InChI=1S/C13H23N.C3H9N/c1-9(2)13-7-11-6-12-5-3-4-10(11)8-14(12)13;1-3-4-2/h9-13H,3-8H2,1-2H3;4H,3H2,1-2H3/t10?,11?,12?,13-;/m0./s1. The topological polar surface area (TPSA) is 15.3 Å². The molecule has 4 unspecified atom stereocenters. The lowest BCUT2D eigenvalue weighted by atomic mass is 9.71. The molecule has 5 aliphatic rings. The first kappa shape index (κ1) is 14.3. The lowest BCUT2D eigenvalue weighted by Gasteiger charge is -2.54. The Morgan fingerprint density at radius 1 is 1.17 bits per heavy atom. The molecule has 5 atom stereocenters. The van der Waals surface area contributed by atoms with Crippen LogP contribution in [0.4, 0.5) is 0 Å². The molecule has 0 spiro atoms. The van der Waals surface area contributed by atoms with E-state index in [2.05, 4.69) is 31.0 Å². The molecule has 4 saturated heterocycles. The van der Waals surface area contributed by atoms with Crippen LogP contribution in [0.1, 0.15) is 52.9 Å². The van der Waals surface area contributed by atoms with E-state index >= 15 is 0 Å². The van der Waals surface area contributed by atoms with Gasteiger partial charge in [-0.3, -0.25) is 4.90 Å². The number of hydrogen-bond acceptors (Lipinski definition) is 2. The van der Waals surface area contributed by atoms with E-state index in [-0.39, 0.29) is 0 Å². The summed E-state index contributed by atoms with van der Waals surface area (Å²) in [4.78, 5) is 2.88. The minimum atomic E-state index is 0.874. The molecule has 1 N–H and O–H groups in total. The van der Waals surface area contributed by atoms with Gasteiger partial charge in [0, 0.05) is 18.6 Å². The highest BCUT2D eigenvalue weighted by Gasteiger charge is 2.47. The van der Waals surface area contributed by atoms with Crippen molar-refractivity contribution in [2.24, 2.45) is 17.8 Å². The van der Waals surface area contributed by atoms with Crippen LogP contribution in [-0.4, -0.2) is 37.1 Å². The Kier molecular flexibility index (Phi) is 5.08. The smallest absolute Gasteiger partial charge is 0.0124 e. The molecular formula is C16H32N2. The summed E-state index contributed by atoms with van der Waals surface area (Å²) in [6, 6.07) is 1.90. The largest absolute Gasteiger partial charge is 0.320 e. The van der Waals surface area contributed by atoms with E-state index in [0.717, 1.165) is 36.4 Å². The molecule has 1 saturated carbocycles. The molecule has 5 fully saturated rings. The quantitative estimate of drug-likeness (QED) is 0.812. The molecule has 0 aromatic rings. The molecule has 0 aromatic heterocycles. The van der Waals surface area contributed by atoms with Crippen molar-refractivity contribution in [3.8, 4) is 0 Å². The summed E-state index contributed by atoms with van der Waals surface area (Å²) < 4.78 is 0. The minimum Gasteiger partial charge on any atom is -0.320 e. The van der Waals surface area contributed by atoms with E-state index in [9.17, 15) is 0 Å². The van der Waals surface area contributed by atoms with Crippen molar-refractivity contribution in [1.82, 2.24) is 10.2 Å². The van der Waals surface area contributed by atoms with Crippen LogP contribution in [-0.2, 0) is 0 Å². The van der Waals surface area contributed by atoms with Gasteiger partial charge in [-0.25, -0.2) is 0 Å². The Bertz CT molecular complexity index is 249. The van der Waals surface area contributed by atoms with Gasteiger partial charge in [-0.15, -0.1) is 0 Å². The monoisotopic (exact) mass is 252 g/mol. The molecule has 2 heteroatoms. The van der Waals surface area contributed by atoms with Crippen molar-refractivity contribution in [2.75, 3.05) is 20.1 Å². The number of nitrogens with zero attached hydrogens (tertiary/aromatic N) is 1. The molecule has 4 bridgehead atoms. The molecular weight excluding hydrogens is 220 g/mol. The summed E-state index contributed by atoms with van der Waals surface area (Å²) in [6.07, 6.45) is 7.58. The number of piperidine rings is 3. The summed E-state index contributed by atoms with van der Waals surface area (Å²) in [5.74, 6) is 3.04. The highest BCUT2D eigenvalue weighted by Crippen LogP contribution is 2.47. The predicted molar refractivity (Wildman–Crippen MR) is 78.8 cm³/mol. The number of fused-ring (bicyclic) bond motifs is 3. The first-order chi connectivity index (χ1) is 8.67. The molecule has 0 radical (unpaired) electrons. The summed E-state index contributed by atoms with van der Waals surface area (Å²) in [5, 5.41) is 2.93. The molecule has 1 aliphatic carbocycles. The van der Waals surface area contributed by atoms with Crippen molar-refractivity contribution in [3.63, 3.8) is 0 Å². The second kappa shape index (κ2) is 6.38. The normalized spacial score (nSPS) is 41.5. The van der Waals surface area contributed by atoms with Gasteiger partial charge in [0.2, 0.25) is 0 Å². The van der Waals surface area contributed by atoms with Gasteiger partial charge >= 0.3 is 0 Å². The maximum atomic E-state index is 2.93. The Hall–Kier alpha value is -0.0800. The van der Waals surface area contributed by atoms with Crippen LogP contribution in [0.2, 0.25) is 0 Å². The molecule has 18 heavy (non-hydrogen) atoms. The zero-order valence-electron chi connectivity index (χ0n) is 12.8. The van der Waals surface area contributed by atoms with Gasteiger partial charge in [0.1, 0.15) is 0 Å². The van der Waals surface area contributed by atoms with Gasteiger partial charge in [0.05, 0.1) is 0 Å². The molecule has 4 heterocycles. The van der Waals surface area contributed by atoms with E-state index < -0.39 is 0 Å². The third-order valence-electron chi connectivity index (χ3n) is 5.36. The van der Waals surface area contributed by atoms with Gasteiger partial charge in [-0.05, 0) is 57.0 Å². The van der Waals surface area contributed by atoms with Crippen molar-refractivity contribution in [1.29, 1.82) is 0 Å². The van der Waals surface area contributed by atoms with Crippen LogP contribution in [0.5, 0.6) is 0 Å². The van der Waals surface area contributed by atoms with E-state index in [0.29, 0.717) is 0 Å². The summed E-state index contributed by atoms with van der Waals surface area (Å²) in [5.41, 5.74) is 0. The predicted octanol–water partition coefficient (Wildman–Crippen LogP) is 3.13. The molecule has 0 aromatic carbocycles. The number of rotatable bonds is 2. The lowest BCUT2D eigenvalue weighted by molar-refractivity contribution is -0.0476. The van der Waals surface area contributed by atoms with Crippen molar-refractivity contribution in [3.05, 3.63) is 0 Å². The SMILES string of the molecule is CC(C)[C@@H]1CC2CC3CCCC2CN31.CCNC. The Labute approximate surface area is 114 Å². The second-order valence-electron chi connectivity index (χ2n) is 6.79. The van der Waals surface area contributed by atoms with Crippen LogP contribution >= 0.6 is 0 Å². The van der Waals surface area contributed by atoms with E-state index in [1.54, 1.807) is 0 Å². The molecule has 4 aliphatic heterocycles. The fourth-order valence-electron chi connectivity index (χ4n) is 4.27. The summed E-state index contributed by atoms with van der Waals surface area (Å²) in [7, 11) is 1.93. The summed E-state index contributed by atoms with van der Waals surface area (Å²) >= 11 is 0. The van der Waals surface area contributed by atoms with Crippen LogP contribution in [0, 0.1) is 17.8 Å². The average Bonchev–Trinajstić information content (AvgIpc) is 2.68. The third-order valence-corrected chi connectivity index (χ3v) is 5.36. The lowest BCUT2D eigenvalue weighted by Crippen LogP contribution is -2.58. The number of hydrogen-bond donors (Lipinski definition) is 1.